The molecular weight excluding hydrogens is 236 g/mol. The van der Waals surface area contributed by atoms with Gasteiger partial charge in [0.2, 0.25) is 0 Å². The van der Waals surface area contributed by atoms with Gasteiger partial charge in [-0.1, -0.05) is 0 Å². The van der Waals surface area contributed by atoms with Gasteiger partial charge in [0.25, 0.3) is 0 Å². The van der Waals surface area contributed by atoms with E-state index in [0.717, 1.165) is 12.3 Å². The summed E-state index contributed by atoms with van der Waals surface area (Å²) >= 11 is 0. The van der Waals surface area contributed by atoms with Crippen molar-refractivity contribution in [1.29, 1.82) is 0 Å². The predicted molar refractivity (Wildman–Crippen MR) is 81.1 cm³/mol. The van der Waals surface area contributed by atoms with Crippen molar-refractivity contribution >= 4 is 5.69 Å². The lowest BCUT2D eigenvalue weighted by molar-refractivity contribution is 0.242. The van der Waals surface area contributed by atoms with Gasteiger partial charge in [-0.15, -0.1) is 0 Å². The van der Waals surface area contributed by atoms with Gasteiger partial charge in [-0.3, -0.25) is 0 Å². The Morgan fingerprint density at radius 3 is 2.63 bits per heavy atom. The normalized spacial score (nSPS) is 18.8. The molecule has 1 aliphatic rings. The minimum atomic E-state index is 0.233. The molecule has 0 saturated carbocycles. The van der Waals surface area contributed by atoms with Crippen LogP contribution in [0, 0.1) is 0 Å². The minimum Gasteiger partial charge on any atom is -0.491 e. The van der Waals surface area contributed by atoms with E-state index >= 15 is 0 Å². The first-order valence-corrected chi connectivity index (χ1v) is 7.36. The van der Waals surface area contributed by atoms with E-state index in [1.807, 2.05) is 0 Å². The quantitative estimate of drug-likeness (QED) is 0.853. The first kappa shape index (κ1) is 14.2. The highest BCUT2D eigenvalue weighted by atomic mass is 16.5. The van der Waals surface area contributed by atoms with Crippen molar-refractivity contribution in [1.82, 2.24) is 5.32 Å². The van der Waals surface area contributed by atoms with Crippen LogP contribution in [0.15, 0.2) is 24.3 Å². The van der Waals surface area contributed by atoms with E-state index in [1.54, 1.807) is 0 Å². The fraction of sp³-hybridized carbons (Fsp3) is 0.625. The van der Waals surface area contributed by atoms with Gasteiger partial charge < -0.3 is 15.0 Å². The second-order valence-electron chi connectivity index (χ2n) is 5.66. The maximum Gasteiger partial charge on any atom is 0.119 e. The molecule has 1 aromatic carbocycles. The molecule has 2 rings (SSSR count). The fourth-order valence-electron chi connectivity index (χ4n) is 2.53. The highest BCUT2D eigenvalue weighted by molar-refractivity contribution is 5.48. The summed E-state index contributed by atoms with van der Waals surface area (Å²) in [6.45, 7) is 6.39. The number of nitrogens with zero attached hydrogens (tertiary/aromatic N) is 1. The molecule has 3 nitrogen and oxygen atoms in total. The summed E-state index contributed by atoms with van der Waals surface area (Å²) in [4.78, 5) is 2.32. The van der Waals surface area contributed by atoms with E-state index in [1.165, 1.54) is 31.5 Å². The molecule has 1 aromatic rings. The van der Waals surface area contributed by atoms with Crippen LogP contribution < -0.4 is 15.0 Å². The van der Waals surface area contributed by atoms with E-state index < -0.39 is 0 Å². The molecule has 1 saturated heterocycles. The molecule has 0 aliphatic carbocycles. The van der Waals surface area contributed by atoms with Crippen LogP contribution in [-0.4, -0.2) is 32.3 Å². The van der Waals surface area contributed by atoms with Gasteiger partial charge in [-0.05, 0) is 63.9 Å². The van der Waals surface area contributed by atoms with Gasteiger partial charge in [0.15, 0.2) is 0 Å². The average Bonchev–Trinajstić information content (AvgIpc) is 2.89. The molecule has 19 heavy (non-hydrogen) atoms. The fourth-order valence-corrected chi connectivity index (χ4v) is 2.53. The lowest BCUT2D eigenvalue weighted by Gasteiger charge is -2.22. The summed E-state index contributed by atoms with van der Waals surface area (Å²) in [5.41, 5.74) is 1.26. The first-order valence-electron chi connectivity index (χ1n) is 7.36. The molecule has 0 bridgehead atoms. The molecule has 1 unspecified atom stereocenters. The third kappa shape index (κ3) is 4.43. The van der Waals surface area contributed by atoms with Crippen LogP contribution in [-0.2, 0) is 0 Å². The van der Waals surface area contributed by atoms with Crippen molar-refractivity contribution in [2.24, 2.45) is 0 Å². The molecule has 0 amide bonds. The predicted octanol–water partition coefficient (Wildman–Crippen LogP) is 3.05. The molecule has 1 aliphatic heterocycles. The zero-order valence-electron chi connectivity index (χ0n) is 12.4. The maximum atomic E-state index is 5.66. The monoisotopic (exact) mass is 262 g/mol. The van der Waals surface area contributed by atoms with E-state index in [2.05, 4.69) is 55.4 Å². The van der Waals surface area contributed by atoms with Crippen molar-refractivity contribution in [2.45, 2.75) is 45.3 Å². The summed E-state index contributed by atoms with van der Waals surface area (Å²) in [6.07, 6.45) is 4.11. The molecule has 1 atom stereocenters. The number of nitrogens with one attached hydrogen (secondary N) is 1. The molecular formula is C16H26N2O. The maximum absolute atomic E-state index is 5.66. The lowest BCUT2D eigenvalue weighted by Crippen LogP contribution is -2.28. The van der Waals surface area contributed by atoms with Crippen LogP contribution in [0.4, 0.5) is 5.69 Å². The van der Waals surface area contributed by atoms with Gasteiger partial charge in [-0.25, -0.2) is 0 Å². The zero-order valence-corrected chi connectivity index (χ0v) is 12.4. The van der Waals surface area contributed by atoms with Crippen LogP contribution in [0.5, 0.6) is 5.75 Å². The van der Waals surface area contributed by atoms with Gasteiger partial charge in [0.05, 0.1) is 6.10 Å². The molecule has 1 heterocycles. The van der Waals surface area contributed by atoms with Crippen LogP contribution >= 0.6 is 0 Å². The third-order valence-corrected chi connectivity index (χ3v) is 3.62. The van der Waals surface area contributed by atoms with Crippen LogP contribution in [0.2, 0.25) is 0 Å². The zero-order chi connectivity index (χ0) is 13.7. The van der Waals surface area contributed by atoms with Gasteiger partial charge >= 0.3 is 0 Å². The molecule has 106 valence electrons. The molecule has 1 N–H and O–H groups in total. The Labute approximate surface area is 116 Å². The molecule has 0 radical (unpaired) electrons. The summed E-state index contributed by atoms with van der Waals surface area (Å²) in [5, 5.41) is 3.55. The number of anilines is 1. The minimum absolute atomic E-state index is 0.233. The second kappa shape index (κ2) is 6.80. The standard InChI is InChI=1S/C16H26N2O/c1-13(2)19-16-8-6-15(7-9-16)18(3)12-10-14-5-4-11-17-14/h6-9,13-14,17H,4-5,10-12H2,1-3H3. The Kier molecular flexibility index (Phi) is 5.08. The van der Waals surface area contributed by atoms with Crippen molar-refractivity contribution in [2.75, 3.05) is 25.0 Å². The summed E-state index contributed by atoms with van der Waals surface area (Å²) in [5.74, 6) is 0.949. The molecule has 1 fully saturated rings. The van der Waals surface area contributed by atoms with E-state index in [9.17, 15) is 0 Å². The summed E-state index contributed by atoms with van der Waals surface area (Å²) < 4.78 is 5.66. The second-order valence-corrected chi connectivity index (χ2v) is 5.66. The number of rotatable bonds is 6. The van der Waals surface area contributed by atoms with E-state index in [0.29, 0.717) is 6.04 Å². The number of ether oxygens (including phenoxy) is 1. The Hall–Kier alpha value is -1.22. The van der Waals surface area contributed by atoms with Crippen LogP contribution in [0.25, 0.3) is 0 Å². The molecule has 3 heteroatoms. The largest absolute Gasteiger partial charge is 0.491 e. The van der Waals surface area contributed by atoms with Crippen molar-refractivity contribution in [3.05, 3.63) is 24.3 Å². The van der Waals surface area contributed by atoms with Gasteiger partial charge in [0, 0.05) is 25.3 Å². The number of benzene rings is 1. The third-order valence-electron chi connectivity index (χ3n) is 3.62. The van der Waals surface area contributed by atoms with Gasteiger partial charge in [0.1, 0.15) is 5.75 Å². The van der Waals surface area contributed by atoms with E-state index in [4.69, 9.17) is 4.74 Å². The van der Waals surface area contributed by atoms with Crippen LogP contribution in [0.3, 0.4) is 0 Å². The smallest absolute Gasteiger partial charge is 0.119 e. The molecule has 0 aromatic heterocycles. The number of hydrogen-bond donors (Lipinski definition) is 1. The molecule has 0 spiro atoms. The Balaban J connectivity index is 1.82. The average molecular weight is 262 g/mol. The summed E-state index contributed by atoms with van der Waals surface area (Å²) in [6, 6.07) is 9.10. The van der Waals surface area contributed by atoms with Crippen LogP contribution in [0.1, 0.15) is 33.1 Å². The van der Waals surface area contributed by atoms with Gasteiger partial charge in [-0.2, -0.15) is 0 Å². The van der Waals surface area contributed by atoms with Crippen molar-refractivity contribution in [3.8, 4) is 5.75 Å². The Morgan fingerprint density at radius 1 is 1.32 bits per heavy atom. The first-order chi connectivity index (χ1) is 9.15. The number of hydrogen-bond acceptors (Lipinski definition) is 3. The highest BCUT2D eigenvalue weighted by Gasteiger charge is 2.14. The van der Waals surface area contributed by atoms with Crippen molar-refractivity contribution < 1.29 is 4.74 Å². The topological polar surface area (TPSA) is 24.5 Å². The Bertz CT molecular complexity index is 369. The van der Waals surface area contributed by atoms with Crippen molar-refractivity contribution in [3.63, 3.8) is 0 Å². The lowest BCUT2D eigenvalue weighted by atomic mass is 10.1. The summed E-state index contributed by atoms with van der Waals surface area (Å²) in [7, 11) is 2.16. The van der Waals surface area contributed by atoms with E-state index in [-0.39, 0.29) is 6.10 Å². The highest BCUT2D eigenvalue weighted by Crippen LogP contribution is 2.20. The Morgan fingerprint density at radius 2 is 2.05 bits per heavy atom. The SMILES string of the molecule is CC(C)Oc1ccc(N(C)CCC2CCCN2)cc1.